The molecule has 32 heavy (non-hydrogen) atoms. The van der Waals surface area contributed by atoms with Crippen molar-refractivity contribution >= 4 is 12.0 Å². The Bertz CT molecular complexity index is 1070. The number of esters is 1. The number of rotatable bonds is 10. The van der Waals surface area contributed by atoms with Crippen molar-refractivity contribution in [1.82, 2.24) is 0 Å². The van der Waals surface area contributed by atoms with Gasteiger partial charge in [-0.15, -0.1) is 0 Å². The Morgan fingerprint density at radius 1 is 0.875 bits per heavy atom. The molecule has 0 saturated heterocycles. The van der Waals surface area contributed by atoms with Gasteiger partial charge in [0.1, 0.15) is 35.5 Å². The number of nitrogens with zero attached hydrogens (tertiary/aromatic N) is 1. The Balaban J connectivity index is 1.56. The third-order valence-electron chi connectivity index (χ3n) is 4.58. The lowest BCUT2D eigenvalue weighted by Gasteiger charge is -2.08. The van der Waals surface area contributed by atoms with Crippen molar-refractivity contribution in [2.45, 2.75) is 26.4 Å². The van der Waals surface area contributed by atoms with Gasteiger partial charge in [-0.25, -0.2) is 4.79 Å². The zero-order valence-electron chi connectivity index (χ0n) is 18.0. The van der Waals surface area contributed by atoms with E-state index in [1.54, 1.807) is 36.4 Å². The minimum Gasteiger partial charge on any atom is -0.494 e. The molecule has 0 fully saturated rings. The van der Waals surface area contributed by atoms with Gasteiger partial charge in [0.2, 0.25) is 0 Å². The quantitative estimate of drug-likeness (QED) is 0.131. The van der Waals surface area contributed by atoms with Crippen molar-refractivity contribution in [3.05, 3.63) is 95.6 Å². The standard InChI is InChI=1S/C27H25NO4/c1-2-3-17-30-24-11-9-21(10-12-24)18-23(19-28)27(29)32-26-15-13-25(14-16-26)31-20-22-7-5-4-6-8-22/h4-16,18H,2-3,17,20H2,1H3/b23-18-. The van der Waals surface area contributed by atoms with Gasteiger partial charge in [-0.3, -0.25) is 0 Å². The highest BCUT2D eigenvalue weighted by atomic mass is 16.5. The van der Waals surface area contributed by atoms with Crippen LogP contribution in [-0.2, 0) is 11.4 Å². The van der Waals surface area contributed by atoms with Gasteiger partial charge in [0.15, 0.2) is 0 Å². The summed E-state index contributed by atoms with van der Waals surface area (Å²) in [5.41, 5.74) is 1.69. The van der Waals surface area contributed by atoms with E-state index in [9.17, 15) is 10.1 Å². The second-order valence-electron chi connectivity index (χ2n) is 7.08. The SMILES string of the molecule is CCCCOc1ccc(/C=C(/C#N)C(=O)Oc2ccc(OCc3ccccc3)cc2)cc1. The molecule has 0 saturated carbocycles. The zero-order valence-corrected chi connectivity index (χ0v) is 18.0. The molecule has 3 rings (SSSR count). The van der Waals surface area contributed by atoms with Crippen LogP contribution in [0.1, 0.15) is 30.9 Å². The molecule has 0 bridgehead atoms. The molecule has 162 valence electrons. The maximum absolute atomic E-state index is 12.4. The fourth-order valence-corrected chi connectivity index (χ4v) is 2.80. The third kappa shape index (κ3) is 7.03. The molecule has 0 spiro atoms. The first kappa shape index (κ1) is 22.6. The van der Waals surface area contributed by atoms with E-state index in [0.29, 0.717) is 30.3 Å². The van der Waals surface area contributed by atoms with E-state index in [4.69, 9.17) is 14.2 Å². The Hall–Kier alpha value is -4.04. The van der Waals surface area contributed by atoms with Crippen LogP contribution >= 0.6 is 0 Å². The predicted octanol–water partition coefficient (Wildman–Crippen LogP) is 5.96. The molecule has 0 amide bonds. The zero-order chi connectivity index (χ0) is 22.6. The van der Waals surface area contributed by atoms with Crippen molar-refractivity contribution in [2.75, 3.05) is 6.61 Å². The summed E-state index contributed by atoms with van der Waals surface area (Å²) < 4.78 is 16.7. The molecule has 3 aromatic carbocycles. The summed E-state index contributed by atoms with van der Waals surface area (Å²) in [5, 5.41) is 9.39. The van der Waals surface area contributed by atoms with Gasteiger partial charge in [0.05, 0.1) is 6.61 Å². The Kier molecular flexibility index (Phi) is 8.47. The lowest BCUT2D eigenvalue weighted by atomic mass is 10.1. The third-order valence-corrected chi connectivity index (χ3v) is 4.58. The molecule has 0 heterocycles. The average Bonchev–Trinajstić information content (AvgIpc) is 2.84. The molecular weight excluding hydrogens is 402 g/mol. The van der Waals surface area contributed by atoms with E-state index >= 15 is 0 Å². The largest absolute Gasteiger partial charge is 0.494 e. The Morgan fingerprint density at radius 3 is 2.16 bits per heavy atom. The normalized spacial score (nSPS) is 10.8. The van der Waals surface area contributed by atoms with Crippen molar-refractivity contribution in [3.8, 4) is 23.3 Å². The fourth-order valence-electron chi connectivity index (χ4n) is 2.80. The molecule has 5 nitrogen and oxygen atoms in total. The average molecular weight is 428 g/mol. The van der Waals surface area contributed by atoms with Gasteiger partial charge >= 0.3 is 5.97 Å². The van der Waals surface area contributed by atoms with Gasteiger partial charge in [-0.2, -0.15) is 5.26 Å². The summed E-state index contributed by atoms with van der Waals surface area (Å²) >= 11 is 0. The summed E-state index contributed by atoms with van der Waals surface area (Å²) in [4.78, 5) is 12.4. The first-order valence-electron chi connectivity index (χ1n) is 10.5. The lowest BCUT2D eigenvalue weighted by molar-refractivity contribution is -0.129. The maximum atomic E-state index is 12.4. The molecule has 0 aromatic heterocycles. The molecule has 0 aliphatic carbocycles. The van der Waals surface area contributed by atoms with E-state index in [0.717, 1.165) is 24.2 Å². The second-order valence-corrected chi connectivity index (χ2v) is 7.08. The molecule has 3 aromatic rings. The van der Waals surface area contributed by atoms with Crippen LogP contribution in [0.15, 0.2) is 84.4 Å². The summed E-state index contributed by atoms with van der Waals surface area (Å²) in [6.45, 7) is 3.22. The molecule has 0 atom stereocenters. The van der Waals surface area contributed by atoms with Crippen LogP contribution in [0.5, 0.6) is 17.2 Å². The first-order valence-corrected chi connectivity index (χ1v) is 10.5. The summed E-state index contributed by atoms with van der Waals surface area (Å²) in [6.07, 6.45) is 3.56. The van der Waals surface area contributed by atoms with E-state index in [1.807, 2.05) is 48.5 Å². The van der Waals surface area contributed by atoms with E-state index in [2.05, 4.69) is 6.92 Å². The number of carbonyl (C=O) groups excluding carboxylic acids is 1. The van der Waals surface area contributed by atoms with Crippen molar-refractivity contribution in [1.29, 1.82) is 5.26 Å². The van der Waals surface area contributed by atoms with Crippen LogP contribution < -0.4 is 14.2 Å². The first-order chi connectivity index (χ1) is 15.7. The number of ether oxygens (including phenoxy) is 3. The molecule has 0 aliphatic rings. The molecule has 0 aliphatic heterocycles. The molecule has 0 N–H and O–H groups in total. The number of nitriles is 1. The monoisotopic (exact) mass is 427 g/mol. The molecule has 0 unspecified atom stereocenters. The number of unbranched alkanes of at least 4 members (excludes halogenated alkanes) is 1. The smallest absolute Gasteiger partial charge is 0.354 e. The lowest BCUT2D eigenvalue weighted by Crippen LogP contribution is -2.10. The topological polar surface area (TPSA) is 68.5 Å². The molecule has 0 radical (unpaired) electrons. The Labute approximate surface area is 188 Å². The summed E-state index contributed by atoms with van der Waals surface area (Å²) in [6, 6.07) is 25.7. The van der Waals surface area contributed by atoms with Gasteiger partial charge in [0, 0.05) is 0 Å². The highest BCUT2D eigenvalue weighted by Gasteiger charge is 2.12. The number of hydrogen-bond donors (Lipinski definition) is 0. The van der Waals surface area contributed by atoms with Crippen molar-refractivity contribution < 1.29 is 19.0 Å². The van der Waals surface area contributed by atoms with Gasteiger partial charge in [-0.05, 0) is 60.0 Å². The van der Waals surface area contributed by atoms with Gasteiger partial charge in [0.25, 0.3) is 0 Å². The highest BCUT2D eigenvalue weighted by Crippen LogP contribution is 2.20. The molecule has 5 heteroatoms. The highest BCUT2D eigenvalue weighted by molar-refractivity contribution is 5.99. The maximum Gasteiger partial charge on any atom is 0.354 e. The fraction of sp³-hybridized carbons (Fsp3) is 0.185. The summed E-state index contributed by atoms with van der Waals surface area (Å²) in [5.74, 6) is 1.04. The minimum atomic E-state index is -0.714. The van der Waals surface area contributed by atoms with Crippen LogP contribution in [-0.4, -0.2) is 12.6 Å². The number of hydrogen-bond acceptors (Lipinski definition) is 5. The van der Waals surface area contributed by atoms with Crippen LogP contribution in [0.4, 0.5) is 0 Å². The van der Waals surface area contributed by atoms with Crippen LogP contribution in [0.25, 0.3) is 6.08 Å². The van der Waals surface area contributed by atoms with E-state index in [1.165, 1.54) is 6.08 Å². The van der Waals surface area contributed by atoms with Crippen LogP contribution in [0, 0.1) is 11.3 Å². The molecular formula is C27H25NO4. The minimum absolute atomic E-state index is 0.0888. The van der Waals surface area contributed by atoms with Crippen molar-refractivity contribution in [3.63, 3.8) is 0 Å². The summed E-state index contributed by atoms with van der Waals surface area (Å²) in [7, 11) is 0. The number of carbonyl (C=O) groups is 1. The van der Waals surface area contributed by atoms with Crippen LogP contribution in [0.2, 0.25) is 0 Å². The second kappa shape index (κ2) is 12.0. The number of benzene rings is 3. The van der Waals surface area contributed by atoms with E-state index in [-0.39, 0.29) is 5.57 Å². The predicted molar refractivity (Wildman–Crippen MR) is 123 cm³/mol. The van der Waals surface area contributed by atoms with E-state index < -0.39 is 5.97 Å². The van der Waals surface area contributed by atoms with Crippen LogP contribution in [0.3, 0.4) is 0 Å². The van der Waals surface area contributed by atoms with Gasteiger partial charge < -0.3 is 14.2 Å². The van der Waals surface area contributed by atoms with Gasteiger partial charge in [-0.1, -0.05) is 55.8 Å². The Morgan fingerprint density at radius 2 is 1.50 bits per heavy atom. The van der Waals surface area contributed by atoms with Crippen molar-refractivity contribution in [2.24, 2.45) is 0 Å².